The van der Waals surface area contributed by atoms with Crippen molar-refractivity contribution in [2.45, 2.75) is 19.8 Å². The van der Waals surface area contributed by atoms with Crippen LogP contribution in [0, 0.1) is 5.92 Å². The van der Waals surface area contributed by atoms with Gasteiger partial charge in [-0.3, -0.25) is 9.59 Å². The lowest BCUT2D eigenvalue weighted by atomic mass is 9.90. The van der Waals surface area contributed by atoms with Gasteiger partial charge in [0.25, 0.3) is 0 Å². The van der Waals surface area contributed by atoms with Crippen molar-refractivity contribution in [1.29, 1.82) is 0 Å². The summed E-state index contributed by atoms with van der Waals surface area (Å²) in [4.78, 5) is 28.3. The lowest BCUT2D eigenvalue weighted by Crippen LogP contribution is -2.30. The van der Waals surface area contributed by atoms with Crippen molar-refractivity contribution >= 4 is 23.1 Å². The fourth-order valence-electron chi connectivity index (χ4n) is 1.69. The second kappa shape index (κ2) is 4.10. The number of aryl methyl sites for hydroxylation is 1. The summed E-state index contributed by atoms with van der Waals surface area (Å²) in [7, 11) is 0. The molecule has 0 saturated heterocycles. The fraction of sp³-hybridized carbons (Fsp3) is 0.500. The molecule has 5 heteroatoms. The SMILES string of the molecule is CCOC(=O)[C@H]1CCc2scnc2C1=O. The molecular weight excluding hydrogens is 214 g/mol. The lowest BCUT2D eigenvalue weighted by Gasteiger charge is -2.17. The second-order valence-electron chi connectivity index (χ2n) is 3.33. The molecule has 15 heavy (non-hydrogen) atoms. The summed E-state index contributed by atoms with van der Waals surface area (Å²) in [5, 5.41) is 0. The Balaban J connectivity index is 2.20. The third-order valence-corrected chi connectivity index (χ3v) is 3.31. The van der Waals surface area contributed by atoms with E-state index in [4.69, 9.17) is 4.74 Å². The van der Waals surface area contributed by atoms with Crippen LogP contribution < -0.4 is 0 Å². The Morgan fingerprint density at radius 3 is 3.27 bits per heavy atom. The highest BCUT2D eigenvalue weighted by Gasteiger charge is 2.35. The minimum absolute atomic E-state index is 0.184. The molecule has 2 rings (SSSR count). The predicted octanol–water partition coefficient (Wildman–Crippen LogP) is 1.45. The highest BCUT2D eigenvalue weighted by Crippen LogP contribution is 2.28. The Labute approximate surface area is 91.3 Å². The minimum Gasteiger partial charge on any atom is -0.465 e. The summed E-state index contributed by atoms with van der Waals surface area (Å²) < 4.78 is 4.86. The quantitative estimate of drug-likeness (QED) is 0.564. The molecule has 0 unspecified atom stereocenters. The molecule has 0 spiro atoms. The van der Waals surface area contributed by atoms with E-state index < -0.39 is 11.9 Å². The van der Waals surface area contributed by atoms with E-state index in [1.807, 2.05) is 0 Å². The van der Waals surface area contributed by atoms with Gasteiger partial charge in [0, 0.05) is 4.88 Å². The zero-order valence-electron chi connectivity index (χ0n) is 8.36. The van der Waals surface area contributed by atoms with E-state index in [1.54, 1.807) is 12.4 Å². The van der Waals surface area contributed by atoms with E-state index in [0.717, 1.165) is 11.3 Å². The molecule has 0 fully saturated rings. The first-order valence-electron chi connectivity index (χ1n) is 4.87. The number of aromatic nitrogens is 1. The Kier molecular flexibility index (Phi) is 2.81. The third kappa shape index (κ3) is 1.79. The molecular formula is C10H11NO3S. The average Bonchev–Trinajstić information content (AvgIpc) is 2.67. The molecule has 1 atom stereocenters. The maximum absolute atomic E-state index is 11.8. The van der Waals surface area contributed by atoms with Crippen molar-refractivity contribution in [3.05, 3.63) is 16.1 Å². The van der Waals surface area contributed by atoms with Gasteiger partial charge >= 0.3 is 5.97 Å². The molecule has 1 heterocycles. The van der Waals surface area contributed by atoms with Crippen molar-refractivity contribution in [2.24, 2.45) is 5.92 Å². The fourth-order valence-corrected chi connectivity index (χ4v) is 2.47. The number of ether oxygens (including phenoxy) is 1. The van der Waals surface area contributed by atoms with Gasteiger partial charge in [-0.1, -0.05) is 0 Å². The van der Waals surface area contributed by atoms with Crippen LogP contribution in [0.2, 0.25) is 0 Å². The number of thiazole rings is 1. The van der Waals surface area contributed by atoms with Crippen molar-refractivity contribution in [1.82, 2.24) is 4.98 Å². The average molecular weight is 225 g/mol. The highest BCUT2D eigenvalue weighted by atomic mass is 32.1. The number of nitrogens with zero attached hydrogens (tertiary/aromatic N) is 1. The monoisotopic (exact) mass is 225 g/mol. The summed E-state index contributed by atoms with van der Waals surface area (Å²) in [5.41, 5.74) is 2.11. The molecule has 0 aliphatic heterocycles. The van der Waals surface area contributed by atoms with E-state index in [0.29, 0.717) is 18.7 Å². The van der Waals surface area contributed by atoms with Gasteiger partial charge in [-0.15, -0.1) is 11.3 Å². The molecule has 1 aromatic rings. The molecule has 1 aliphatic rings. The number of hydrogen-bond donors (Lipinski definition) is 0. The Bertz CT molecular complexity index is 399. The summed E-state index contributed by atoms with van der Waals surface area (Å²) >= 11 is 1.47. The molecule has 0 aromatic carbocycles. The molecule has 0 N–H and O–H groups in total. The summed E-state index contributed by atoms with van der Waals surface area (Å²) in [6, 6.07) is 0. The van der Waals surface area contributed by atoms with Crippen molar-refractivity contribution in [3.63, 3.8) is 0 Å². The number of ketones is 1. The van der Waals surface area contributed by atoms with Gasteiger partial charge in [-0.25, -0.2) is 4.98 Å². The van der Waals surface area contributed by atoms with Gasteiger partial charge in [0.15, 0.2) is 5.78 Å². The van der Waals surface area contributed by atoms with Gasteiger partial charge in [-0.05, 0) is 19.8 Å². The van der Waals surface area contributed by atoms with Crippen LogP contribution in [-0.4, -0.2) is 23.3 Å². The van der Waals surface area contributed by atoms with Crippen molar-refractivity contribution in [2.75, 3.05) is 6.61 Å². The summed E-state index contributed by atoms with van der Waals surface area (Å²) in [6.45, 7) is 2.05. The van der Waals surface area contributed by atoms with Crippen LogP contribution in [0.15, 0.2) is 5.51 Å². The normalized spacial score (nSPS) is 19.8. The molecule has 4 nitrogen and oxygen atoms in total. The summed E-state index contributed by atoms with van der Waals surface area (Å²) in [6.07, 6.45) is 1.29. The van der Waals surface area contributed by atoms with Gasteiger partial charge in [0.05, 0.1) is 12.1 Å². The largest absolute Gasteiger partial charge is 0.465 e. The van der Waals surface area contributed by atoms with Crippen LogP contribution in [0.3, 0.4) is 0 Å². The number of rotatable bonds is 2. The first-order valence-corrected chi connectivity index (χ1v) is 5.75. The lowest BCUT2D eigenvalue weighted by molar-refractivity contribution is -0.146. The minimum atomic E-state index is -0.639. The van der Waals surface area contributed by atoms with Crippen LogP contribution in [0.5, 0.6) is 0 Å². The van der Waals surface area contributed by atoms with Crippen LogP contribution in [0.1, 0.15) is 28.7 Å². The zero-order valence-corrected chi connectivity index (χ0v) is 9.17. The molecule has 0 amide bonds. The number of esters is 1. The Morgan fingerprint density at radius 2 is 2.53 bits per heavy atom. The van der Waals surface area contributed by atoms with Crippen LogP contribution >= 0.6 is 11.3 Å². The zero-order chi connectivity index (χ0) is 10.8. The predicted molar refractivity (Wildman–Crippen MR) is 54.9 cm³/mol. The standard InChI is InChI=1S/C10H11NO3S/c1-2-14-10(13)6-3-4-7-8(9(6)12)11-5-15-7/h5-6H,2-4H2,1H3/t6-/m0/s1. The maximum Gasteiger partial charge on any atom is 0.316 e. The van der Waals surface area contributed by atoms with E-state index in [-0.39, 0.29) is 5.78 Å². The third-order valence-electron chi connectivity index (χ3n) is 2.42. The van der Waals surface area contributed by atoms with Gasteiger partial charge in [0.1, 0.15) is 11.6 Å². The first-order chi connectivity index (χ1) is 7.24. The maximum atomic E-state index is 11.8. The number of fused-ring (bicyclic) bond motifs is 1. The molecule has 80 valence electrons. The highest BCUT2D eigenvalue weighted by molar-refractivity contribution is 7.10. The smallest absolute Gasteiger partial charge is 0.316 e. The van der Waals surface area contributed by atoms with Crippen LogP contribution in [-0.2, 0) is 16.0 Å². The molecule has 0 bridgehead atoms. The Morgan fingerprint density at radius 1 is 1.73 bits per heavy atom. The second-order valence-corrected chi connectivity index (χ2v) is 4.27. The van der Waals surface area contributed by atoms with Crippen LogP contribution in [0.25, 0.3) is 0 Å². The topological polar surface area (TPSA) is 56.3 Å². The number of hydrogen-bond acceptors (Lipinski definition) is 5. The number of carbonyl (C=O) groups excluding carboxylic acids is 2. The van der Waals surface area contributed by atoms with E-state index in [9.17, 15) is 9.59 Å². The van der Waals surface area contributed by atoms with Crippen LogP contribution in [0.4, 0.5) is 0 Å². The number of carbonyl (C=O) groups is 2. The first kappa shape index (κ1) is 10.3. The number of Topliss-reactive ketones (excluding diaryl/α,β-unsaturated/α-hetero) is 1. The van der Waals surface area contributed by atoms with Crippen molar-refractivity contribution in [3.8, 4) is 0 Å². The van der Waals surface area contributed by atoms with Gasteiger partial charge in [0.2, 0.25) is 0 Å². The summed E-state index contributed by atoms with van der Waals surface area (Å²) in [5.74, 6) is -1.24. The molecule has 0 radical (unpaired) electrons. The van der Waals surface area contributed by atoms with Gasteiger partial charge in [-0.2, -0.15) is 0 Å². The van der Waals surface area contributed by atoms with E-state index in [1.165, 1.54) is 11.3 Å². The van der Waals surface area contributed by atoms with Gasteiger partial charge < -0.3 is 4.74 Å². The Hall–Kier alpha value is -1.23. The van der Waals surface area contributed by atoms with E-state index in [2.05, 4.69) is 4.98 Å². The molecule has 1 aliphatic carbocycles. The van der Waals surface area contributed by atoms with Crippen molar-refractivity contribution < 1.29 is 14.3 Å². The van der Waals surface area contributed by atoms with E-state index >= 15 is 0 Å². The molecule has 1 aromatic heterocycles. The molecule has 0 saturated carbocycles.